The Labute approximate surface area is 120 Å². The number of hydrogen-bond donors (Lipinski definition) is 2. The van der Waals surface area contributed by atoms with Crippen molar-refractivity contribution in [2.75, 3.05) is 12.3 Å². The molecule has 0 heterocycles. The van der Waals surface area contributed by atoms with Gasteiger partial charge < -0.3 is 5.11 Å². The van der Waals surface area contributed by atoms with Crippen LogP contribution in [0.1, 0.15) is 36.7 Å². The van der Waals surface area contributed by atoms with Crippen LogP contribution < -0.4 is 4.72 Å². The normalized spacial score (nSPS) is 12.3. The van der Waals surface area contributed by atoms with Crippen LogP contribution in [0.2, 0.25) is 0 Å². The molecule has 0 fully saturated rings. The summed E-state index contributed by atoms with van der Waals surface area (Å²) in [6.07, 6.45) is 0.463. The average molecular weight is 299 g/mol. The van der Waals surface area contributed by atoms with E-state index in [0.29, 0.717) is 6.42 Å². The molecule has 0 radical (unpaired) electrons. The fourth-order valence-corrected chi connectivity index (χ4v) is 3.49. The maximum Gasteiger partial charge on any atom is 0.335 e. The number of hydrogen-bond acceptors (Lipinski definition) is 3. The minimum atomic E-state index is -3.30. The van der Waals surface area contributed by atoms with Gasteiger partial charge in [-0.2, -0.15) is 0 Å². The molecular formula is C14H21NO4S. The van der Waals surface area contributed by atoms with Gasteiger partial charge in [-0.3, -0.25) is 0 Å². The Bertz CT molecular complexity index is 573. The van der Waals surface area contributed by atoms with Crippen molar-refractivity contribution in [3.63, 3.8) is 0 Å². The van der Waals surface area contributed by atoms with E-state index < -0.39 is 16.0 Å². The lowest BCUT2D eigenvalue weighted by Gasteiger charge is -2.18. The predicted octanol–water partition coefficient (Wildman–Crippen LogP) is 1.89. The monoisotopic (exact) mass is 299 g/mol. The van der Waals surface area contributed by atoms with Gasteiger partial charge in [-0.05, 0) is 29.5 Å². The van der Waals surface area contributed by atoms with Crippen molar-refractivity contribution in [2.45, 2.75) is 27.2 Å². The van der Waals surface area contributed by atoms with E-state index in [1.54, 1.807) is 18.2 Å². The standard InChI is InChI=1S/C14H21NO4S/c1-14(2,3)10-20(18,19)15-8-7-11-5-4-6-12(9-11)13(16)17/h4-6,9,15H,7-8,10H2,1-3H3,(H,16,17). The summed E-state index contributed by atoms with van der Waals surface area (Å²) in [6.45, 7) is 5.86. The van der Waals surface area contributed by atoms with Gasteiger partial charge in [0, 0.05) is 6.54 Å². The summed E-state index contributed by atoms with van der Waals surface area (Å²) in [5, 5.41) is 8.88. The number of carboxylic acids is 1. The zero-order chi connectivity index (χ0) is 15.4. The minimum absolute atomic E-state index is 0.0646. The van der Waals surface area contributed by atoms with Gasteiger partial charge in [-0.15, -0.1) is 0 Å². The first-order valence-corrected chi connectivity index (χ1v) is 8.04. The van der Waals surface area contributed by atoms with Crippen LogP contribution in [0.4, 0.5) is 0 Å². The Hall–Kier alpha value is -1.40. The van der Waals surface area contributed by atoms with Crippen LogP contribution in [0.5, 0.6) is 0 Å². The molecule has 20 heavy (non-hydrogen) atoms. The van der Waals surface area contributed by atoms with Crippen molar-refractivity contribution in [3.05, 3.63) is 35.4 Å². The molecule has 0 aliphatic rings. The molecule has 0 aliphatic carbocycles. The van der Waals surface area contributed by atoms with Crippen molar-refractivity contribution >= 4 is 16.0 Å². The zero-order valence-corrected chi connectivity index (χ0v) is 12.8. The Morgan fingerprint density at radius 3 is 2.50 bits per heavy atom. The van der Waals surface area contributed by atoms with E-state index in [2.05, 4.69) is 4.72 Å². The Morgan fingerprint density at radius 1 is 1.30 bits per heavy atom. The van der Waals surface area contributed by atoms with Gasteiger partial charge in [0.2, 0.25) is 10.0 Å². The summed E-state index contributed by atoms with van der Waals surface area (Å²) >= 11 is 0. The highest BCUT2D eigenvalue weighted by atomic mass is 32.2. The predicted molar refractivity (Wildman–Crippen MR) is 78.3 cm³/mol. The molecule has 0 aliphatic heterocycles. The molecule has 1 rings (SSSR count). The second-order valence-electron chi connectivity index (χ2n) is 5.97. The summed E-state index contributed by atoms with van der Waals surface area (Å²) in [5.41, 5.74) is 0.707. The molecule has 1 aromatic carbocycles. The summed E-state index contributed by atoms with van der Waals surface area (Å²) in [4.78, 5) is 10.8. The van der Waals surface area contributed by atoms with Crippen LogP contribution >= 0.6 is 0 Å². The number of carbonyl (C=O) groups is 1. The third-order valence-electron chi connectivity index (χ3n) is 2.53. The van der Waals surface area contributed by atoms with E-state index >= 15 is 0 Å². The molecular weight excluding hydrogens is 278 g/mol. The minimum Gasteiger partial charge on any atom is -0.478 e. The number of sulfonamides is 1. The third-order valence-corrected chi connectivity index (χ3v) is 4.42. The van der Waals surface area contributed by atoms with Gasteiger partial charge in [0.1, 0.15) is 0 Å². The Balaban J connectivity index is 2.57. The number of carboxylic acid groups (broad SMARTS) is 1. The topological polar surface area (TPSA) is 83.5 Å². The highest BCUT2D eigenvalue weighted by Gasteiger charge is 2.20. The second-order valence-corrected chi connectivity index (χ2v) is 7.78. The summed E-state index contributed by atoms with van der Waals surface area (Å²) in [5.74, 6) is -0.921. The lowest BCUT2D eigenvalue weighted by molar-refractivity contribution is 0.0696. The smallest absolute Gasteiger partial charge is 0.335 e. The van der Waals surface area contributed by atoms with Crippen molar-refractivity contribution in [3.8, 4) is 0 Å². The van der Waals surface area contributed by atoms with Gasteiger partial charge in [0.05, 0.1) is 11.3 Å². The Morgan fingerprint density at radius 2 is 1.95 bits per heavy atom. The molecule has 0 atom stereocenters. The fraction of sp³-hybridized carbons (Fsp3) is 0.500. The van der Waals surface area contributed by atoms with Crippen molar-refractivity contribution < 1.29 is 18.3 Å². The molecule has 0 aromatic heterocycles. The Kier molecular flexibility index (Phi) is 5.30. The van der Waals surface area contributed by atoms with Crippen molar-refractivity contribution in [2.24, 2.45) is 5.41 Å². The molecule has 0 saturated heterocycles. The lowest BCUT2D eigenvalue weighted by atomic mass is 10.0. The summed E-state index contributed by atoms with van der Waals surface area (Å²) in [7, 11) is -3.30. The molecule has 0 saturated carbocycles. The second kappa shape index (κ2) is 6.37. The maximum absolute atomic E-state index is 11.8. The quantitative estimate of drug-likeness (QED) is 0.840. The number of benzene rings is 1. The SMILES string of the molecule is CC(C)(C)CS(=O)(=O)NCCc1cccc(C(=O)O)c1. The number of nitrogens with one attached hydrogen (secondary N) is 1. The largest absolute Gasteiger partial charge is 0.478 e. The fourth-order valence-electron chi connectivity index (χ4n) is 1.83. The van der Waals surface area contributed by atoms with Gasteiger partial charge in [-0.1, -0.05) is 32.9 Å². The van der Waals surface area contributed by atoms with E-state index in [1.165, 1.54) is 6.07 Å². The van der Waals surface area contributed by atoms with E-state index in [9.17, 15) is 13.2 Å². The molecule has 0 unspecified atom stereocenters. The molecule has 2 N–H and O–H groups in total. The molecule has 112 valence electrons. The first kappa shape index (κ1) is 16.7. The van der Waals surface area contributed by atoms with E-state index in [0.717, 1.165) is 5.56 Å². The molecule has 0 bridgehead atoms. The molecule has 5 nitrogen and oxygen atoms in total. The first-order valence-electron chi connectivity index (χ1n) is 6.39. The van der Waals surface area contributed by atoms with Crippen molar-refractivity contribution in [1.29, 1.82) is 0 Å². The first-order chi connectivity index (χ1) is 9.09. The van der Waals surface area contributed by atoms with Crippen LogP contribution in [0.15, 0.2) is 24.3 Å². The van der Waals surface area contributed by atoms with Crippen LogP contribution in [-0.2, 0) is 16.4 Å². The summed E-state index contributed by atoms with van der Waals surface area (Å²) < 4.78 is 26.2. The molecule has 1 aromatic rings. The van der Waals surface area contributed by atoms with Gasteiger partial charge in [-0.25, -0.2) is 17.9 Å². The van der Waals surface area contributed by atoms with E-state index in [1.807, 2.05) is 20.8 Å². The lowest BCUT2D eigenvalue weighted by Crippen LogP contribution is -2.33. The number of aromatic carboxylic acids is 1. The van der Waals surface area contributed by atoms with Crippen LogP contribution in [-0.4, -0.2) is 31.8 Å². The van der Waals surface area contributed by atoms with E-state index in [-0.39, 0.29) is 23.3 Å². The molecule has 6 heteroatoms. The molecule has 0 amide bonds. The average Bonchev–Trinajstić information content (AvgIpc) is 2.25. The molecule has 0 spiro atoms. The van der Waals surface area contributed by atoms with Gasteiger partial charge >= 0.3 is 5.97 Å². The van der Waals surface area contributed by atoms with Crippen molar-refractivity contribution in [1.82, 2.24) is 4.72 Å². The van der Waals surface area contributed by atoms with Crippen LogP contribution in [0, 0.1) is 5.41 Å². The van der Waals surface area contributed by atoms with Gasteiger partial charge in [0.15, 0.2) is 0 Å². The maximum atomic E-state index is 11.8. The summed E-state index contributed by atoms with van der Waals surface area (Å²) in [6, 6.07) is 6.50. The highest BCUT2D eigenvalue weighted by Crippen LogP contribution is 2.15. The number of rotatable bonds is 6. The zero-order valence-electron chi connectivity index (χ0n) is 12.0. The van der Waals surface area contributed by atoms with E-state index in [4.69, 9.17) is 5.11 Å². The third kappa shape index (κ3) is 6.16. The highest BCUT2D eigenvalue weighted by molar-refractivity contribution is 7.89. The van der Waals surface area contributed by atoms with Crippen LogP contribution in [0.25, 0.3) is 0 Å². The van der Waals surface area contributed by atoms with Gasteiger partial charge in [0.25, 0.3) is 0 Å². The van der Waals surface area contributed by atoms with Crippen LogP contribution in [0.3, 0.4) is 0 Å².